The van der Waals surface area contributed by atoms with Crippen LogP contribution in [-0.4, -0.2) is 49.4 Å². The first kappa shape index (κ1) is 19.9. The molecule has 0 aliphatic carbocycles. The van der Waals surface area contributed by atoms with Crippen molar-refractivity contribution in [3.05, 3.63) is 45.7 Å². The van der Waals surface area contributed by atoms with E-state index in [2.05, 4.69) is 23.2 Å². The first-order chi connectivity index (χ1) is 14.0. The molecule has 3 heterocycles. The Labute approximate surface area is 174 Å². The van der Waals surface area contributed by atoms with E-state index >= 15 is 0 Å². The highest BCUT2D eigenvalue weighted by Crippen LogP contribution is 2.37. The van der Waals surface area contributed by atoms with Gasteiger partial charge in [0.2, 0.25) is 0 Å². The number of thiophene rings is 1. The number of methoxy groups -OCH3 is 2. The Balaban J connectivity index is 1.79. The molecule has 1 N–H and O–H groups in total. The zero-order chi connectivity index (χ0) is 20.5. The van der Waals surface area contributed by atoms with Crippen molar-refractivity contribution in [1.29, 1.82) is 0 Å². The molecule has 6 nitrogen and oxygen atoms in total. The summed E-state index contributed by atoms with van der Waals surface area (Å²) in [6.07, 6.45) is 1.92. The molecule has 1 fully saturated rings. The van der Waals surface area contributed by atoms with Crippen LogP contribution in [0.15, 0.2) is 35.3 Å². The number of ether oxygens (including phenoxy) is 2. The van der Waals surface area contributed by atoms with Crippen LogP contribution < -0.4 is 20.3 Å². The number of hydrogen-bond donors (Lipinski definition) is 1. The summed E-state index contributed by atoms with van der Waals surface area (Å²) in [5.41, 5.74) is 2.08. The van der Waals surface area contributed by atoms with Crippen molar-refractivity contribution < 1.29 is 9.47 Å². The van der Waals surface area contributed by atoms with Crippen molar-refractivity contribution in [3.8, 4) is 22.6 Å². The third kappa shape index (κ3) is 3.77. The summed E-state index contributed by atoms with van der Waals surface area (Å²) in [7, 11) is 5.07. The highest BCUT2D eigenvalue weighted by molar-refractivity contribution is 7.19. The van der Waals surface area contributed by atoms with E-state index in [1.165, 1.54) is 4.88 Å². The summed E-state index contributed by atoms with van der Waals surface area (Å²) in [6, 6.07) is 8.44. The number of nitrogens with zero attached hydrogens (tertiary/aromatic N) is 2. The molecule has 4 rings (SSSR count). The number of benzene rings is 1. The molecule has 0 amide bonds. The molecule has 7 heteroatoms. The maximum absolute atomic E-state index is 12.8. The van der Waals surface area contributed by atoms with Gasteiger partial charge in [-0.15, -0.1) is 11.3 Å². The van der Waals surface area contributed by atoms with E-state index in [1.807, 2.05) is 31.4 Å². The maximum Gasteiger partial charge on any atom is 0.259 e. The van der Waals surface area contributed by atoms with Crippen molar-refractivity contribution in [2.45, 2.75) is 19.5 Å². The van der Waals surface area contributed by atoms with Gasteiger partial charge in [-0.2, -0.15) is 0 Å². The highest BCUT2D eigenvalue weighted by atomic mass is 32.1. The molecule has 1 atom stereocenters. The molecular formula is C22H27N3O3S. The molecule has 0 saturated carbocycles. The van der Waals surface area contributed by atoms with Gasteiger partial charge in [-0.3, -0.25) is 9.69 Å². The predicted octanol–water partition coefficient (Wildman–Crippen LogP) is 3.08. The Morgan fingerprint density at radius 3 is 2.72 bits per heavy atom. The van der Waals surface area contributed by atoms with E-state index in [0.717, 1.165) is 47.4 Å². The van der Waals surface area contributed by atoms with Crippen LogP contribution in [0.4, 0.5) is 0 Å². The number of aryl methyl sites for hydroxylation is 1. The first-order valence-corrected chi connectivity index (χ1v) is 10.6. The van der Waals surface area contributed by atoms with E-state index in [0.29, 0.717) is 17.5 Å². The lowest BCUT2D eigenvalue weighted by molar-refractivity contribution is 0.167. The zero-order valence-corrected chi connectivity index (χ0v) is 18.1. The van der Waals surface area contributed by atoms with E-state index in [-0.39, 0.29) is 5.56 Å². The van der Waals surface area contributed by atoms with Crippen molar-refractivity contribution >= 4 is 21.4 Å². The minimum Gasteiger partial charge on any atom is -0.493 e. The SMILES string of the molecule is COc1ccc(-c2cn(C)c(=O)c3cc(CN4CCNC[C@H]4C)sc23)cc1OC. The Bertz CT molecular complexity index is 1090. The lowest BCUT2D eigenvalue weighted by atomic mass is 10.1. The van der Waals surface area contributed by atoms with Crippen molar-refractivity contribution in [3.63, 3.8) is 0 Å². The second kappa shape index (κ2) is 8.18. The molecule has 1 aliphatic rings. The number of aromatic nitrogens is 1. The summed E-state index contributed by atoms with van der Waals surface area (Å²) in [6.45, 7) is 6.15. The van der Waals surface area contributed by atoms with Gasteiger partial charge in [0.25, 0.3) is 5.56 Å². The minimum absolute atomic E-state index is 0.0417. The number of rotatable bonds is 5. The van der Waals surface area contributed by atoms with Gasteiger partial charge in [-0.1, -0.05) is 6.07 Å². The van der Waals surface area contributed by atoms with Gasteiger partial charge in [0.1, 0.15) is 0 Å². The standard InChI is InChI=1S/C22H27N3O3S/c1-14-11-23-7-8-25(14)12-16-10-17-21(29-16)18(13-24(2)22(17)26)15-5-6-19(27-3)20(9-15)28-4/h5-6,9-10,13-14,23H,7-8,11-12H2,1-4H3/t14-/m1/s1. The van der Waals surface area contributed by atoms with Crippen molar-refractivity contribution in [2.24, 2.45) is 7.05 Å². The number of fused-ring (bicyclic) bond motifs is 1. The van der Waals surface area contributed by atoms with Gasteiger partial charge < -0.3 is 19.4 Å². The molecule has 0 spiro atoms. The van der Waals surface area contributed by atoms with Crippen molar-refractivity contribution in [2.75, 3.05) is 33.9 Å². The quantitative estimate of drug-likeness (QED) is 0.697. The molecule has 0 radical (unpaired) electrons. The molecule has 0 bridgehead atoms. The van der Waals surface area contributed by atoms with Crippen LogP contribution in [0.3, 0.4) is 0 Å². The number of hydrogen-bond acceptors (Lipinski definition) is 6. The second-order valence-corrected chi connectivity index (χ2v) is 8.64. The van der Waals surface area contributed by atoms with Crippen LogP contribution in [0.25, 0.3) is 21.2 Å². The van der Waals surface area contributed by atoms with E-state index in [9.17, 15) is 4.79 Å². The molecule has 0 unspecified atom stereocenters. The summed E-state index contributed by atoms with van der Waals surface area (Å²) >= 11 is 1.71. The van der Waals surface area contributed by atoms with Gasteiger partial charge in [-0.05, 0) is 30.7 Å². The van der Waals surface area contributed by atoms with Crippen LogP contribution in [-0.2, 0) is 13.6 Å². The monoisotopic (exact) mass is 413 g/mol. The van der Waals surface area contributed by atoms with Gasteiger partial charge in [0, 0.05) is 60.6 Å². The van der Waals surface area contributed by atoms with Crippen LogP contribution in [0, 0.1) is 0 Å². The van der Waals surface area contributed by atoms with E-state index < -0.39 is 0 Å². The van der Waals surface area contributed by atoms with Gasteiger partial charge >= 0.3 is 0 Å². The molecular weight excluding hydrogens is 386 g/mol. The maximum atomic E-state index is 12.8. The number of piperazine rings is 1. The van der Waals surface area contributed by atoms with Crippen LogP contribution >= 0.6 is 11.3 Å². The Morgan fingerprint density at radius 1 is 1.21 bits per heavy atom. The van der Waals surface area contributed by atoms with Crippen LogP contribution in [0.1, 0.15) is 11.8 Å². The summed E-state index contributed by atoms with van der Waals surface area (Å²) in [5.74, 6) is 1.37. The fraction of sp³-hybridized carbons (Fsp3) is 0.409. The fourth-order valence-electron chi connectivity index (χ4n) is 3.91. The average molecular weight is 414 g/mol. The topological polar surface area (TPSA) is 55.7 Å². The summed E-state index contributed by atoms with van der Waals surface area (Å²) in [5, 5.41) is 4.21. The highest BCUT2D eigenvalue weighted by Gasteiger charge is 2.20. The molecule has 3 aromatic rings. The smallest absolute Gasteiger partial charge is 0.259 e. The first-order valence-electron chi connectivity index (χ1n) is 9.81. The normalized spacial score (nSPS) is 17.6. The van der Waals surface area contributed by atoms with Gasteiger partial charge in [-0.25, -0.2) is 0 Å². The summed E-state index contributed by atoms with van der Waals surface area (Å²) in [4.78, 5) is 16.5. The average Bonchev–Trinajstić information content (AvgIpc) is 3.16. The van der Waals surface area contributed by atoms with E-state index in [1.54, 1.807) is 30.1 Å². The summed E-state index contributed by atoms with van der Waals surface area (Å²) < 4.78 is 13.5. The Kier molecular flexibility index (Phi) is 5.63. The van der Waals surface area contributed by atoms with Crippen LogP contribution in [0.5, 0.6) is 11.5 Å². The molecule has 29 heavy (non-hydrogen) atoms. The van der Waals surface area contributed by atoms with Crippen molar-refractivity contribution in [1.82, 2.24) is 14.8 Å². The predicted molar refractivity (Wildman–Crippen MR) is 118 cm³/mol. The van der Waals surface area contributed by atoms with Gasteiger partial charge in [0.15, 0.2) is 11.5 Å². The lowest BCUT2D eigenvalue weighted by Gasteiger charge is -2.33. The van der Waals surface area contributed by atoms with E-state index in [4.69, 9.17) is 9.47 Å². The number of nitrogens with one attached hydrogen (secondary N) is 1. The minimum atomic E-state index is 0.0417. The number of pyridine rings is 1. The molecule has 2 aromatic heterocycles. The largest absolute Gasteiger partial charge is 0.493 e. The lowest BCUT2D eigenvalue weighted by Crippen LogP contribution is -2.49. The fourth-order valence-corrected chi connectivity index (χ4v) is 5.11. The molecule has 154 valence electrons. The molecule has 1 aliphatic heterocycles. The van der Waals surface area contributed by atoms with Crippen LogP contribution in [0.2, 0.25) is 0 Å². The second-order valence-electron chi connectivity index (χ2n) is 7.51. The molecule has 1 aromatic carbocycles. The zero-order valence-electron chi connectivity index (χ0n) is 17.3. The Hall–Kier alpha value is -2.35. The molecule has 1 saturated heterocycles. The van der Waals surface area contributed by atoms with Gasteiger partial charge in [0.05, 0.1) is 19.6 Å². The Morgan fingerprint density at radius 2 is 2.00 bits per heavy atom. The third-order valence-electron chi connectivity index (χ3n) is 5.59. The third-order valence-corrected chi connectivity index (χ3v) is 6.75.